The quantitative estimate of drug-likeness (QED) is 0.403. The van der Waals surface area contributed by atoms with Gasteiger partial charge < -0.3 is 8.33 Å². The molecule has 0 rings (SSSR count). The van der Waals surface area contributed by atoms with Gasteiger partial charge in [-0.05, 0) is 0 Å². The van der Waals surface area contributed by atoms with Gasteiger partial charge in [0.25, 0.3) is 0 Å². The summed E-state index contributed by atoms with van der Waals surface area (Å²) in [4.78, 5) is 0. The fourth-order valence-corrected chi connectivity index (χ4v) is 0. The average Bonchev–Trinajstić information content (AvgIpc) is 0.722. The number of hydrogen-bond donors (Lipinski definition) is 3. The van der Waals surface area contributed by atoms with Crippen LogP contribution in [0.25, 0.3) is 0 Å². The van der Waals surface area contributed by atoms with E-state index in [0.717, 1.165) is 0 Å². The van der Waals surface area contributed by atoms with Gasteiger partial charge in [0.2, 0.25) is 0 Å². The standard InChI is InChI=1S/Ba.4H2O.O.Sb.2H/h;4*1H2;;;;/q+2;;;;;;+3;2*-1/p-3. The molecule has 0 spiro atoms. The zero-order valence-electron chi connectivity index (χ0n) is 5.40. The predicted octanol–water partition coefficient (Wildman–Crippen LogP) is -3.15. The van der Waals surface area contributed by atoms with E-state index < -0.39 is 20.1 Å². The molecule has 7 heteroatoms. The minimum absolute atomic E-state index is 0. The average molecular weight is 346 g/mol. The molecule has 5 N–H and O–H groups in total. The van der Waals surface area contributed by atoms with E-state index in [-0.39, 0.29) is 57.2 Å². The van der Waals surface area contributed by atoms with E-state index in [0.29, 0.717) is 0 Å². The van der Waals surface area contributed by atoms with Crippen LogP contribution in [-0.4, -0.2) is 84.6 Å². The molecule has 0 aliphatic rings. The van der Waals surface area contributed by atoms with E-state index in [2.05, 4.69) is 0 Å². The molecule has 0 aliphatic carbocycles. The first kappa shape index (κ1) is 16.0. The van der Waals surface area contributed by atoms with Crippen LogP contribution in [-0.2, 0) is 3.02 Å². The molecule has 0 aliphatic heterocycles. The second kappa shape index (κ2) is 6.15. The fraction of sp³-hybridized carbons (Fsp3) is 0. The zero-order chi connectivity index (χ0) is 4.50. The third-order valence-electron chi connectivity index (χ3n) is 0. The second-order valence-electron chi connectivity index (χ2n) is 0.513. The summed E-state index contributed by atoms with van der Waals surface area (Å²) < 4.78 is 30.8. The number of rotatable bonds is 0. The maximum atomic E-state index is 8.97. The van der Waals surface area contributed by atoms with E-state index in [1.54, 1.807) is 0 Å². The molecule has 0 saturated heterocycles. The molecule has 0 aromatic carbocycles. The van der Waals surface area contributed by atoms with Gasteiger partial charge in [-0.3, -0.25) is 0 Å². The molecule has 44 valence electrons. The van der Waals surface area contributed by atoms with Gasteiger partial charge in [-0.1, -0.05) is 0 Å². The molecule has 0 amide bonds. The Labute approximate surface area is 88.8 Å². The van der Waals surface area contributed by atoms with Crippen LogP contribution in [0.5, 0.6) is 0 Å². The molecule has 0 bridgehead atoms. The van der Waals surface area contributed by atoms with Crippen molar-refractivity contribution in [2.24, 2.45) is 0 Å². The molecular formula is H7BaO5Sb. The Hall–Kier alpha value is 2.03. The number of hydrogen-bond acceptors (Lipinski definition) is 1. The van der Waals surface area contributed by atoms with Crippen LogP contribution in [0.3, 0.4) is 0 Å². The summed E-state index contributed by atoms with van der Waals surface area (Å²) in [6, 6.07) is 0. The zero-order valence-corrected chi connectivity index (χ0v) is 10.4. The van der Waals surface area contributed by atoms with E-state index in [9.17, 15) is 0 Å². The molecule has 7 heavy (non-hydrogen) atoms. The monoisotopic (exact) mass is 346 g/mol. The van der Waals surface area contributed by atoms with Gasteiger partial charge in [0, 0.05) is 0 Å². The molecule has 0 saturated carbocycles. The van der Waals surface area contributed by atoms with Crippen molar-refractivity contribution >= 4 is 68.9 Å². The summed E-state index contributed by atoms with van der Waals surface area (Å²) in [7, 11) is 0. The molecule has 5 nitrogen and oxygen atoms in total. The van der Waals surface area contributed by atoms with Crippen LogP contribution < -0.4 is 0 Å². The molecule has 0 heterocycles. The minimum atomic E-state index is -5.35. The third kappa shape index (κ3) is 70.9. The molecule has 0 fully saturated rings. The summed E-state index contributed by atoms with van der Waals surface area (Å²) in [6.07, 6.45) is 0. The molecular weight excluding hydrogens is 339 g/mol. The summed E-state index contributed by atoms with van der Waals surface area (Å²) >= 11 is -5.35. The summed E-state index contributed by atoms with van der Waals surface area (Å²) in [5.74, 6) is 0. The predicted molar refractivity (Wildman–Crippen MR) is 24.7 cm³/mol. The maximum absolute atomic E-state index is 8.97. The Kier molecular flexibility index (Phi) is 14.1. The Balaban J connectivity index is -0.0000000133. The van der Waals surface area contributed by atoms with Gasteiger partial charge in [-0.15, -0.1) is 0 Å². The van der Waals surface area contributed by atoms with Crippen molar-refractivity contribution < 1.29 is 21.5 Å². The van der Waals surface area contributed by atoms with Crippen LogP contribution in [0, 0.1) is 0 Å². The van der Waals surface area contributed by atoms with E-state index >= 15 is 0 Å². The van der Waals surface area contributed by atoms with Gasteiger partial charge in [-0.25, -0.2) is 0 Å². The topological polar surface area (TPSA) is 109 Å². The molecule has 0 aromatic rings. The second-order valence-corrected chi connectivity index (χ2v) is 3.44. The molecule has 0 atom stereocenters. The van der Waals surface area contributed by atoms with Gasteiger partial charge >= 0.3 is 82.1 Å². The van der Waals surface area contributed by atoms with Gasteiger partial charge in [0.15, 0.2) is 0 Å². The first-order valence-electron chi connectivity index (χ1n) is 0.783. The summed E-state index contributed by atoms with van der Waals surface area (Å²) in [6.45, 7) is 0. The first-order valence-corrected chi connectivity index (χ1v) is 5.25. The summed E-state index contributed by atoms with van der Waals surface area (Å²) in [5.41, 5.74) is 0. The van der Waals surface area contributed by atoms with Crippen LogP contribution in [0.15, 0.2) is 0 Å². The van der Waals surface area contributed by atoms with Crippen molar-refractivity contribution in [2.75, 3.05) is 0 Å². The Morgan fingerprint density at radius 2 is 1.29 bits per heavy atom. The third-order valence-corrected chi connectivity index (χ3v) is 0. The van der Waals surface area contributed by atoms with Crippen molar-refractivity contribution in [1.82, 2.24) is 0 Å². The summed E-state index contributed by atoms with van der Waals surface area (Å²) in [5, 5.41) is 0. The van der Waals surface area contributed by atoms with E-state index in [1.165, 1.54) is 0 Å². The van der Waals surface area contributed by atoms with E-state index in [1.807, 2.05) is 0 Å². The Morgan fingerprint density at radius 1 is 1.29 bits per heavy atom. The van der Waals surface area contributed by atoms with Crippen molar-refractivity contribution in [3.05, 3.63) is 0 Å². The first-order chi connectivity index (χ1) is 2.00. The van der Waals surface area contributed by atoms with Crippen molar-refractivity contribution in [2.45, 2.75) is 0 Å². The van der Waals surface area contributed by atoms with Crippen molar-refractivity contribution in [3.8, 4) is 0 Å². The van der Waals surface area contributed by atoms with Gasteiger partial charge in [0.05, 0.1) is 0 Å². The van der Waals surface area contributed by atoms with Gasteiger partial charge in [0.1, 0.15) is 0 Å². The molecule has 0 radical (unpaired) electrons. The van der Waals surface area contributed by atoms with Crippen LogP contribution in [0.1, 0.15) is 2.85 Å². The van der Waals surface area contributed by atoms with Crippen LogP contribution >= 0.6 is 0 Å². The van der Waals surface area contributed by atoms with Crippen LogP contribution in [0.2, 0.25) is 0 Å². The van der Waals surface area contributed by atoms with E-state index in [4.69, 9.17) is 13.2 Å². The Morgan fingerprint density at radius 3 is 1.29 bits per heavy atom. The van der Waals surface area contributed by atoms with Crippen LogP contribution in [0.4, 0.5) is 0 Å². The fourth-order valence-electron chi connectivity index (χ4n) is 0. The van der Waals surface area contributed by atoms with Gasteiger partial charge in [-0.2, -0.15) is 0 Å². The normalized spacial score (nSPS) is 8.43. The molecule has 0 unspecified atom stereocenters. The molecule has 0 aromatic heterocycles. The Bertz CT molecular complexity index is 61.1. The SMILES string of the molecule is O.[Ba+2].[H-].[H-].[O]=[Sb]([OH])([OH])[OH]. The van der Waals surface area contributed by atoms with Crippen molar-refractivity contribution in [1.29, 1.82) is 0 Å². The van der Waals surface area contributed by atoms with Crippen molar-refractivity contribution in [3.63, 3.8) is 0 Å².